The Balaban J connectivity index is 4.33. The van der Waals surface area contributed by atoms with Crippen molar-refractivity contribution in [2.45, 2.75) is 45.7 Å². The molecule has 0 bridgehead atoms. The SMILES string of the molecule is CC(N)C(C)C(=O)NC(C)(C)CC(N)=O. The van der Waals surface area contributed by atoms with Gasteiger partial charge in [0.25, 0.3) is 0 Å². The van der Waals surface area contributed by atoms with E-state index in [1.165, 1.54) is 0 Å². The molecule has 0 aromatic carbocycles. The molecule has 5 N–H and O–H groups in total. The maximum atomic E-state index is 11.6. The number of carbonyl (C=O) groups excluding carboxylic acids is 2. The van der Waals surface area contributed by atoms with Crippen LogP contribution in [0.3, 0.4) is 0 Å². The van der Waals surface area contributed by atoms with Crippen LogP contribution in [0.15, 0.2) is 0 Å². The van der Waals surface area contributed by atoms with Crippen molar-refractivity contribution in [3.8, 4) is 0 Å². The van der Waals surface area contributed by atoms with E-state index in [-0.39, 0.29) is 24.3 Å². The highest BCUT2D eigenvalue weighted by atomic mass is 16.2. The number of carbonyl (C=O) groups is 2. The first-order valence-corrected chi connectivity index (χ1v) is 5.01. The number of nitrogens with one attached hydrogen (secondary N) is 1. The Kier molecular flexibility index (Phi) is 4.74. The number of amides is 2. The molecule has 0 aromatic heterocycles. The maximum Gasteiger partial charge on any atom is 0.224 e. The Morgan fingerprint density at radius 3 is 2.13 bits per heavy atom. The first kappa shape index (κ1) is 13.9. The van der Waals surface area contributed by atoms with E-state index in [1.807, 2.05) is 0 Å². The van der Waals surface area contributed by atoms with E-state index in [9.17, 15) is 9.59 Å². The lowest BCUT2D eigenvalue weighted by Gasteiger charge is -2.27. The average Bonchev–Trinajstić information content (AvgIpc) is 1.98. The van der Waals surface area contributed by atoms with Crippen molar-refractivity contribution >= 4 is 11.8 Å². The van der Waals surface area contributed by atoms with Gasteiger partial charge in [-0.05, 0) is 20.8 Å². The van der Waals surface area contributed by atoms with E-state index in [1.54, 1.807) is 27.7 Å². The number of primary amides is 1. The van der Waals surface area contributed by atoms with Crippen molar-refractivity contribution in [1.82, 2.24) is 5.32 Å². The van der Waals surface area contributed by atoms with Gasteiger partial charge in [-0.25, -0.2) is 0 Å². The third kappa shape index (κ3) is 5.37. The lowest BCUT2D eigenvalue weighted by atomic mass is 9.97. The van der Waals surface area contributed by atoms with Crippen LogP contribution >= 0.6 is 0 Å². The van der Waals surface area contributed by atoms with E-state index in [2.05, 4.69) is 5.32 Å². The Morgan fingerprint density at radius 1 is 1.33 bits per heavy atom. The van der Waals surface area contributed by atoms with Gasteiger partial charge in [-0.1, -0.05) is 6.92 Å². The highest BCUT2D eigenvalue weighted by Gasteiger charge is 2.26. The molecule has 0 spiro atoms. The third-order valence-electron chi connectivity index (χ3n) is 2.28. The van der Waals surface area contributed by atoms with Crippen LogP contribution in [-0.2, 0) is 9.59 Å². The smallest absolute Gasteiger partial charge is 0.224 e. The van der Waals surface area contributed by atoms with Crippen molar-refractivity contribution in [1.29, 1.82) is 0 Å². The monoisotopic (exact) mass is 215 g/mol. The van der Waals surface area contributed by atoms with Crippen LogP contribution in [0.5, 0.6) is 0 Å². The molecule has 2 atom stereocenters. The zero-order valence-corrected chi connectivity index (χ0v) is 9.83. The Labute approximate surface area is 90.6 Å². The zero-order chi connectivity index (χ0) is 12.2. The molecule has 0 rings (SSSR count). The largest absolute Gasteiger partial charge is 0.370 e. The highest BCUT2D eigenvalue weighted by molar-refractivity contribution is 5.81. The summed E-state index contributed by atoms with van der Waals surface area (Å²) in [6.07, 6.45) is 0.115. The molecule has 0 aliphatic rings. The van der Waals surface area contributed by atoms with Gasteiger partial charge in [0.2, 0.25) is 11.8 Å². The predicted molar refractivity (Wildman–Crippen MR) is 58.8 cm³/mol. The van der Waals surface area contributed by atoms with Gasteiger partial charge in [-0.3, -0.25) is 9.59 Å². The molecule has 0 saturated carbocycles. The summed E-state index contributed by atoms with van der Waals surface area (Å²) in [5.41, 5.74) is 10.1. The van der Waals surface area contributed by atoms with E-state index < -0.39 is 11.4 Å². The quantitative estimate of drug-likeness (QED) is 0.589. The summed E-state index contributed by atoms with van der Waals surface area (Å²) < 4.78 is 0. The lowest BCUT2D eigenvalue weighted by Crippen LogP contribution is -2.50. The van der Waals surface area contributed by atoms with E-state index >= 15 is 0 Å². The van der Waals surface area contributed by atoms with E-state index in [0.717, 1.165) is 0 Å². The minimum Gasteiger partial charge on any atom is -0.370 e. The molecule has 0 aliphatic heterocycles. The van der Waals surface area contributed by atoms with Crippen molar-refractivity contribution in [3.63, 3.8) is 0 Å². The Morgan fingerprint density at radius 2 is 1.80 bits per heavy atom. The molecule has 0 saturated heterocycles. The van der Waals surface area contributed by atoms with Crippen LogP contribution in [0, 0.1) is 5.92 Å². The van der Waals surface area contributed by atoms with Crippen LogP contribution in [0.2, 0.25) is 0 Å². The summed E-state index contributed by atoms with van der Waals surface area (Å²) in [6, 6.07) is -0.214. The molecular formula is C10H21N3O2. The first-order chi connectivity index (χ1) is 6.65. The predicted octanol–water partition coefficient (Wildman–Crippen LogP) is -0.260. The van der Waals surface area contributed by atoms with Crippen molar-refractivity contribution in [2.24, 2.45) is 17.4 Å². The molecule has 0 heterocycles. The van der Waals surface area contributed by atoms with E-state index in [0.29, 0.717) is 0 Å². The fourth-order valence-electron chi connectivity index (χ4n) is 1.17. The third-order valence-corrected chi connectivity index (χ3v) is 2.28. The fraction of sp³-hybridized carbons (Fsp3) is 0.800. The molecule has 0 aliphatic carbocycles. The molecule has 88 valence electrons. The van der Waals surface area contributed by atoms with Crippen LogP contribution in [-0.4, -0.2) is 23.4 Å². The normalized spacial score (nSPS) is 15.5. The number of rotatable bonds is 5. The summed E-state index contributed by atoms with van der Waals surface area (Å²) in [6.45, 7) is 7.03. The highest BCUT2D eigenvalue weighted by Crippen LogP contribution is 2.10. The molecule has 5 nitrogen and oxygen atoms in total. The van der Waals surface area contributed by atoms with E-state index in [4.69, 9.17) is 11.5 Å². The molecule has 15 heavy (non-hydrogen) atoms. The van der Waals surface area contributed by atoms with Gasteiger partial charge in [-0.2, -0.15) is 0 Å². The van der Waals surface area contributed by atoms with Gasteiger partial charge in [0, 0.05) is 23.9 Å². The van der Waals surface area contributed by atoms with Crippen molar-refractivity contribution in [3.05, 3.63) is 0 Å². The molecule has 0 radical (unpaired) electrons. The van der Waals surface area contributed by atoms with Crippen molar-refractivity contribution < 1.29 is 9.59 Å². The van der Waals surface area contributed by atoms with Crippen molar-refractivity contribution in [2.75, 3.05) is 0 Å². The second-order valence-electron chi connectivity index (χ2n) is 4.66. The summed E-state index contributed by atoms with van der Waals surface area (Å²) in [5, 5.41) is 2.75. The van der Waals surface area contributed by atoms with Gasteiger partial charge >= 0.3 is 0 Å². The summed E-state index contributed by atoms with van der Waals surface area (Å²) in [4.78, 5) is 22.4. The number of nitrogens with two attached hydrogens (primary N) is 2. The zero-order valence-electron chi connectivity index (χ0n) is 9.83. The second-order valence-corrected chi connectivity index (χ2v) is 4.66. The summed E-state index contributed by atoms with van der Waals surface area (Å²) in [5.74, 6) is -0.873. The van der Waals surface area contributed by atoms with Crippen LogP contribution in [0.1, 0.15) is 34.1 Å². The Hall–Kier alpha value is -1.10. The van der Waals surface area contributed by atoms with Gasteiger partial charge in [0.1, 0.15) is 0 Å². The van der Waals surface area contributed by atoms with Crippen LogP contribution in [0.4, 0.5) is 0 Å². The molecular weight excluding hydrogens is 194 g/mol. The first-order valence-electron chi connectivity index (χ1n) is 5.01. The molecule has 0 fully saturated rings. The number of hydrogen-bond donors (Lipinski definition) is 3. The number of hydrogen-bond acceptors (Lipinski definition) is 3. The molecule has 0 aromatic rings. The molecule has 2 unspecified atom stereocenters. The average molecular weight is 215 g/mol. The van der Waals surface area contributed by atoms with Gasteiger partial charge in [-0.15, -0.1) is 0 Å². The molecule has 5 heteroatoms. The fourth-order valence-corrected chi connectivity index (χ4v) is 1.17. The summed E-state index contributed by atoms with van der Waals surface area (Å²) >= 11 is 0. The Bertz CT molecular complexity index is 249. The minimum absolute atomic E-state index is 0.115. The topological polar surface area (TPSA) is 98.2 Å². The summed E-state index contributed by atoms with van der Waals surface area (Å²) in [7, 11) is 0. The minimum atomic E-state index is -0.619. The molecule has 2 amide bonds. The van der Waals surface area contributed by atoms with Crippen LogP contribution < -0.4 is 16.8 Å². The standard InChI is InChI=1S/C10H21N3O2/c1-6(7(2)11)9(15)13-10(3,4)5-8(12)14/h6-7H,5,11H2,1-4H3,(H2,12,14)(H,13,15). The van der Waals surface area contributed by atoms with Gasteiger partial charge < -0.3 is 16.8 Å². The van der Waals surface area contributed by atoms with Gasteiger partial charge in [0.15, 0.2) is 0 Å². The second kappa shape index (κ2) is 5.11. The van der Waals surface area contributed by atoms with Gasteiger partial charge in [0.05, 0.1) is 0 Å². The maximum absolute atomic E-state index is 11.6. The lowest BCUT2D eigenvalue weighted by molar-refractivity contribution is -0.127. The van der Waals surface area contributed by atoms with Crippen LogP contribution in [0.25, 0.3) is 0 Å².